The van der Waals surface area contributed by atoms with E-state index in [9.17, 15) is 4.79 Å². The monoisotopic (exact) mass is 375 g/mol. The fourth-order valence-electron chi connectivity index (χ4n) is 3.07. The van der Waals surface area contributed by atoms with E-state index in [1.54, 1.807) is 7.11 Å². The summed E-state index contributed by atoms with van der Waals surface area (Å²) in [5.41, 5.74) is 0.780. The van der Waals surface area contributed by atoms with Crippen LogP contribution in [0.2, 0.25) is 0 Å². The molecule has 2 heterocycles. The van der Waals surface area contributed by atoms with Crippen molar-refractivity contribution in [3.63, 3.8) is 0 Å². The quantitative estimate of drug-likeness (QED) is 0.756. The van der Waals surface area contributed by atoms with Gasteiger partial charge in [-0.15, -0.1) is 0 Å². The summed E-state index contributed by atoms with van der Waals surface area (Å²) in [6.45, 7) is 6.06. The fourth-order valence-corrected chi connectivity index (χ4v) is 3.07. The summed E-state index contributed by atoms with van der Waals surface area (Å²) in [5.74, 6) is 2.38. The number of piperazine rings is 1. The lowest BCUT2D eigenvalue weighted by atomic mass is 10.2. The van der Waals surface area contributed by atoms with Crippen LogP contribution in [-0.2, 0) is 11.2 Å². The minimum atomic E-state index is 0.144. The molecule has 1 saturated heterocycles. The van der Waals surface area contributed by atoms with Crippen molar-refractivity contribution in [1.29, 1.82) is 0 Å². The molecule has 0 atom stereocenters. The van der Waals surface area contributed by atoms with E-state index in [0.717, 1.165) is 31.7 Å². The Labute approximate surface area is 159 Å². The van der Waals surface area contributed by atoms with Crippen LogP contribution in [0.4, 0.5) is 0 Å². The van der Waals surface area contributed by atoms with Crippen LogP contribution < -0.4 is 14.4 Å². The van der Waals surface area contributed by atoms with E-state index >= 15 is 0 Å². The van der Waals surface area contributed by atoms with Gasteiger partial charge >= 0.3 is 0 Å². The highest BCUT2D eigenvalue weighted by molar-refractivity contribution is 5.76. The van der Waals surface area contributed by atoms with E-state index in [4.69, 9.17) is 14.0 Å². The van der Waals surface area contributed by atoms with Crippen LogP contribution in [0.5, 0.6) is 11.5 Å². The molecule has 0 unspecified atom stereocenters. The van der Waals surface area contributed by atoms with Crippen molar-refractivity contribution in [3.05, 3.63) is 24.1 Å². The second-order valence-electron chi connectivity index (χ2n) is 6.65. The highest BCUT2D eigenvalue weighted by Crippen LogP contribution is 2.31. The van der Waals surface area contributed by atoms with E-state index in [1.165, 1.54) is 4.90 Å². The molecule has 146 valence electrons. The van der Waals surface area contributed by atoms with Gasteiger partial charge in [-0.1, -0.05) is 5.16 Å². The molecule has 0 aliphatic carbocycles. The van der Waals surface area contributed by atoms with Crippen LogP contribution in [0.15, 0.2) is 22.7 Å². The molecule has 0 saturated carbocycles. The zero-order valence-electron chi connectivity index (χ0n) is 16.2. The average molecular weight is 375 g/mol. The van der Waals surface area contributed by atoms with Crippen molar-refractivity contribution in [2.45, 2.75) is 19.8 Å². The van der Waals surface area contributed by atoms with Gasteiger partial charge in [-0.05, 0) is 25.1 Å². The molecule has 1 aromatic carbocycles. The molecule has 8 heteroatoms. The zero-order valence-corrected chi connectivity index (χ0v) is 16.2. The number of carbonyl (C=O) groups is 1. The SMILES string of the molecule is CCOc1cc(-c2noc(CCC(=O)N3CC[NH+](C)CC3)n2)ccc1OC. The van der Waals surface area contributed by atoms with Gasteiger partial charge in [0.25, 0.3) is 0 Å². The van der Waals surface area contributed by atoms with Crippen LogP contribution in [0.1, 0.15) is 19.2 Å². The summed E-state index contributed by atoms with van der Waals surface area (Å²) < 4.78 is 16.2. The number of likely N-dealkylation sites (N-methyl/N-ethyl adjacent to an activating group) is 1. The van der Waals surface area contributed by atoms with Gasteiger partial charge < -0.3 is 23.8 Å². The number of amides is 1. The molecule has 1 aliphatic rings. The Morgan fingerprint density at radius 3 is 2.78 bits per heavy atom. The number of carbonyl (C=O) groups excluding carboxylic acids is 1. The van der Waals surface area contributed by atoms with Crippen molar-refractivity contribution >= 4 is 5.91 Å². The Balaban J connectivity index is 1.61. The third-order valence-electron chi connectivity index (χ3n) is 4.71. The number of rotatable bonds is 7. The summed E-state index contributed by atoms with van der Waals surface area (Å²) in [4.78, 5) is 20.1. The Morgan fingerprint density at radius 1 is 1.30 bits per heavy atom. The summed E-state index contributed by atoms with van der Waals surface area (Å²) in [7, 11) is 3.75. The molecule has 0 spiro atoms. The first-order valence-electron chi connectivity index (χ1n) is 9.33. The van der Waals surface area contributed by atoms with Crippen LogP contribution in [0, 0.1) is 0 Å². The van der Waals surface area contributed by atoms with Gasteiger partial charge in [0, 0.05) is 18.4 Å². The summed E-state index contributed by atoms with van der Waals surface area (Å²) in [6, 6.07) is 5.50. The largest absolute Gasteiger partial charge is 0.493 e. The number of methoxy groups -OCH3 is 1. The Bertz CT molecular complexity index is 769. The van der Waals surface area contributed by atoms with Crippen molar-refractivity contribution in [1.82, 2.24) is 15.0 Å². The molecule has 3 rings (SSSR count). The smallest absolute Gasteiger partial charge is 0.227 e. The number of aryl methyl sites for hydroxylation is 1. The normalized spacial score (nSPS) is 15.0. The fraction of sp³-hybridized carbons (Fsp3) is 0.526. The van der Waals surface area contributed by atoms with E-state index < -0.39 is 0 Å². The predicted molar refractivity (Wildman–Crippen MR) is 99.0 cm³/mol. The number of benzene rings is 1. The second kappa shape index (κ2) is 8.85. The summed E-state index contributed by atoms with van der Waals surface area (Å²) in [5, 5.41) is 4.03. The lowest BCUT2D eigenvalue weighted by Gasteiger charge is -2.30. The number of hydrogen-bond donors (Lipinski definition) is 1. The lowest BCUT2D eigenvalue weighted by molar-refractivity contribution is -0.883. The van der Waals surface area contributed by atoms with Gasteiger partial charge in [0.2, 0.25) is 17.6 Å². The van der Waals surface area contributed by atoms with Crippen molar-refractivity contribution in [3.8, 4) is 22.9 Å². The van der Waals surface area contributed by atoms with Crippen molar-refractivity contribution in [2.24, 2.45) is 0 Å². The number of quaternary nitrogens is 1. The Kier molecular flexibility index (Phi) is 6.28. The van der Waals surface area contributed by atoms with E-state index in [0.29, 0.717) is 42.7 Å². The first-order valence-corrected chi connectivity index (χ1v) is 9.33. The maximum absolute atomic E-state index is 12.3. The molecule has 27 heavy (non-hydrogen) atoms. The molecule has 1 aliphatic heterocycles. The third kappa shape index (κ3) is 4.77. The maximum atomic E-state index is 12.3. The van der Waals surface area contributed by atoms with E-state index in [-0.39, 0.29) is 5.91 Å². The van der Waals surface area contributed by atoms with Gasteiger partial charge in [-0.2, -0.15) is 4.98 Å². The van der Waals surface area contributed by atoms with Crippen LogP contribution in [-0.4, -0.2) is 67.9 Å². The van der Waals surface area contributed by atoms with Crippen molar-refractivity contribution < 1.29 is 23.7 Å². The van der Waals surface area contributed by atoms with Crippen LogP contribution >= 0.6 is 0 Å². The summed E-state index contributed by atoms with van der Waals surface area (Å²) in [6.07, 6.45) is 0.826. The number of aromatic nitrogens is 2. The van der Waals surface area contributed by atoms with Crippen LogP contribution in [0.25, 0.3) is 11.4 Å². The lowest BCUT2D eigenvalue weighted by Crippen LogP contribution is -3.12. The molecule has 0 radical (unpaired) electrons. The number of hydrogen-bond acceptors (Lipinski definition) is 6. The number of nitrogens with zero attached hydrogens (tertiary/aromatic N) is 3. The molecule has 8 nitrogen and oxygen atoms in total. The molecular weight excluding hydrogens is 348 g/mol. The summed E-state index contributed by atoms with van der Waals surface area (Å²) >= 11 is 0. The van der Waals surface area contributed by atoms with E-state index in [2.05, 4.69) is 17.2 Å². The molecule has 1 N–H and O–H groups in total. The van der Waals surface area contributed by atoms with E-state index in [1.807, 2.05) is 30.0 Å². The van der Waals surface area contributed by atoms with Gasteiger partial charge in [0.1, 0.15) is 0 Å². The number of nitrogens with one attached hydrogen (secondary N) is 1. The molecule has 1 fully saturated rings. The highest BCUT2D eigenvalue weighted by Gasteiger charge is 2.22. The van der Waals surface area contributed by atoms with Gasteiger partial charge in [0.15, 0.2) is 11.5 Å². The minimum absolute atomic E-state index is 0.144. The molecule has 2 aromatic rings. The molecule has 1 aromatic heterocycles. The second-order valence-corrected chi connectivity index (χ2v) is 6.65. The van der Waals surface area contributed by atoms with Gasteiger partial charge in [-0.3, -0.25) is 4.79 Å². The first-order chi connectivity index (χ1) is 13.1. The zero-order chi connectivity index (χ0) is 19.2. The molecule has 0 bridgehead atoms. The third-order valence-corrected chi connectivity index (χ3v) is 4.71. The number of ether oxygens (including phenoxy) is 2. The molecular formula is C19H27N4O4+. The molecule has 1 amide bonds. The Morgan fingerprint density at radius 2 is 2.07 bits per heavy atom. The van der Waals surface area contributed by atoms with Gasteiger partial charge in [0.05, 0.1) is 46.9 Å². The minimum Gasteiger partial charge on any atom is -0.493 e. The van der Waals surface area contributed by atoms with Gasteiger partial charge in [-0.25, -0.2) is 0 Å². The standard InChI is InChI=1S/C19H26N4O4/c1-4-26-16-13-14(5-6-15(16)25-3)19-20-17(27-21-19)7-8-18(24)23-11-9-22(2)10-12-23/h5-6,13H,4,7-12H2,1-3H3/p+1. The predicted octanol–water partition coefficient (Wildman–Crippen LogP) is 0.433. The average Bonchev–Trinajstić information content (AvgIpc) is 3.16. The maximum Gasteiger partial charge on any atom is 0.227 e. The topological polar surface area (TPSA) is 82.1 Å². The first kappa shape index (κ1) is 19.2. The van der Waals surface area contributed by atoms with Crippen molar-refractivity contribution in [2.75, 3.05) is 46.9 Å². The Hall–Kier alpha value is -2.61. The highest BCUT2D eigenvalue weighted by atomic mass is 16.5. The van der Waals surface area contributed by atoms with Crippen LogP contribution in [0.3, 0.4) is 0 Å².